The summed E-state index contributed by atoms with van der Waals surface area (Å²) in [6.07, 6.45) is 4.90. The molecule has 152 valence electrons. The number of methoxy groups -OCH3 is 1. The minimum atomic E-state index is 0.367. The third kappa shape index (κ3) is 4.10. The molecule has 0 unspecified atom stereocenters. The zero-order valence-corrected chi connectivity index (χ0v) is 17.5. The molecule has 1 saturated heterocycles. The Labute approximate surface area is 172 Å². The maximum atomic E-state index is 5.43. The molecule has 1 aliphatic heterocycles. The number of anilines is 1. The Kier molecular flexibility index (Phi) is 5.49. The van der Waals surface area contributed by atoms with Gasteiger partial charge in [0.2, 0.25) is 5.95 Å². The van der Waals surface area contributed by atoms with Gasteiger partial charge in [0, 0.05) is 58.1 Å². The van der Waals surface area contributed by atoms with Gasteiger partial charge < -0.3 is 9.64 Å². The van der Waals surface area contributed by atoms with E-state index >= 15 is 0 Å². The van der Waals surface area contributed by atoms with E-state index < -0.39 is 0 Å². The van der Waals surface area contributed by atoms with Crippen LogP contribution < -0.4 is 9.64 Å². The number of rotatable bonds is 6. The van der Waals surface area contributed by atoms with Crippen molar-refractivity contribution < 1.29 is 4.74 Å². The fraction of sp³-hybridized carbons (Fsp3) is 0.409. The number of hydrogen-bond donors (Lipinski definition) is 0. The standard InChI is InChI=1S/C22H28N6O/c1-26(2)22-23-13-20(16-6-5-7-19(12-16)29-4)21(25-22)17-9-11-28(14-17)15-18-8-10-24-27(18)3/h5-8,10,12-13,17H,9,11,14-15H2,1-4H3/t17-/m1/s1. The van der Waals surface area contributed by atoms with E-state index in [2.05, 4.69) is 33.2 Å². The van der Waals surface area contributed by atoms with E-state index in [-0.39, 0.29) is 0 Å². The van der Waals surface area contributed by atoms with Gasteiger partial charge in [-0.05, 0) is 36.7 Å². The van der Waals surface area contributed by atoms with Crippen molar-refractivity contribution in [3.05, 3.63) is 54.1 Å². The molecule has 1 aromatic carbocycles. The van der Waals surface area contributed by atoms with Crippen molar-refractivity contribution in [3.63, 3.8) is 0 Å². The Hall–Kier alpha value is -2.93. The molecule has 2 aromatic heterocycles. The quantitative estimate of drug-likeness (QED) is 0.643. The van der Waals surface area contributed by atoms with Gasteiger partial charge in [0.1, 0.15) is 5.75 Å². The van der Waals surface area contributed by atoms with Crippen molar-refractivity contribution >= 4 is 5.95 Å². The lowest BCUT2D eigenvalue weighted by Crippen LogP contribution is -2.22. The summed E-state index contributed by atoms with van der Waals surface area (Å²) >= 11 is 0. The molecule has 1 atom stereocenters. The first-order valence-corrected chi connectivity index (χ1v) is 9.93. The normalized spacial score (nSPS) is 16.9. The molecule has 7 heteroatoms. The predicted molar refractivity (Wildman–Crippen MR) is 114 cm³/mol. The highest BCUT2D eigenvalue weighted by atomic mass is 16.5. The molecule has 0 spiro atoms. The summed E-state index contributed by atoms with van der Waals surface area (Å²) in [4.78, 5) is 14.0. The molecule has 1 aliphatic rings. The minimum absolute atomic E-state index is 0.367. The van der Waals surface area contributed by atoms with Gasteiger partial charge in [0.25, 0.3) is 0 Å². The number of likely N-dealkylation sites (tertiary alicyclic amines) is 1. The van der Waals surface area contributed by atoms with Crippen molar-refractivity contribution in [3.8, 4) is 16.9 Å². The summed E-state index contributed by atoms with van der Waals surface area (Å²) < 4.78 is 7.37. The van der Waals surface area contributed by atoms with Crippen LogP contribution in [0, 0.1) is 0 Å². The Morgan fingerprint density at radius 2 is 2.10 bits per heavy atom. The van der Waals surface area contributed by atoms with Crippen molar-refractivity contribution in [1.82, 2.24) is 24.6 Å². The molecular weight excluding hydrogens is 364 g/mol. The first-order chi connectivity index (χ1) is 14.0. The van der Waals surface area contributed by atoms with Crippen molar-refractivity contribution in [2.45, 2.75) is 18.9 Å². The Morgan fingerprint density at radius 3 is 2.83 bits per heavy atom. The number of aryl methyl sites for hydroxylation is 1. The second-order valence-electron chi connectivity index (χ2n) is 7.76. The van der Waals surface area contributed by atoms with E-state index in [1.807, 2.05) is 55.3 Å². The lowest BCUT2D eigenvalue weighted by atomic mass is 9.96. The maximum Gasteiger partial charge on any atom is 0.225 e. The summed E-state index contributed by atoms with van der Waals surface area (Å²) in [5.74, 6) is 1.96. The third-order valence-electron chi connectivity index (χ3n) is 5.55. The lowest BCUT2D eigenvalue weighted by molar-refractivity contribution is 0.316. The summed E-state index contributed by atoms with van der Waals surface area (Å²) in [6.45, 7) is 2.94. The van der Waals surface area contributed by atoms with Gasteiger partial charge in [0.15, 0.2) is 0 Å². The third-order valence-corrected chi connectivity index (χ3v) is 5.55. The van der Waals surface area contributed by atoms with Gasteiger partial charge in [-0.3, -0.25) is 9.58 Å². The fourth-order valence-electron chi connectivity index (χ4n) is 3.91. The summed E-state index contributed by atoms with van der Waals surface area (Å²) in [5, 5.41) is 4.29. The van der Waals surface area contributed by atoms with Crippen LogP contribution in [0.3, 0.4) is 0 Å². The van der Waals surface area contributed by atoms with Crippen LogP contribution in [0.5, 0.6) is 5.75 Å². The van der Waals surface area contributed by atoms with Crippen LogP contribution in [0.1, 0.15) is 23.7 Å². The second kappa shape index (κ2) is 8.21. The largest absolute Gasteiger partial charge is 0.497 e. The Bertz CT molecular complexity index is 983. The Morgan fingerprint density at radius 1 is 1.24 bits per heavy atom. The van der Waals surface area contributed by atoms with Crippen LogP contribution in [-0.2, 0) is 13.6 Å². The van der Waals surface area contributed by atoms with Crippen LogP contribution in [0.15, 0.2) is 42.7 Å². The lowest BCUT2D eigenvalue weighted by Gasteiger charge is -2.19. The summed E-state index contributed by atoms with van der Waals surface area (Å²) in [7, 11) is 7.65. The molecule has 0 amide bonds. The molecule has 3 heterocycles. The van der Waals surface area contributed by atoms with Crippen molar-refractivity contribution in [1.29, 1.82) is 0 Å². The number of hydrogen-bond acceptors (Lipinski definition) is 6. The van der Waals surface area contributed by atoms with E-state index in [0.29, 0.717) is 5.92 Å². The van der Waals surface area contributed by atoms with E-state index in [4.69, 9.17) is 9.72 Å². The van der Waals surface area contributed by atoms with Gasteiger partial charge in [-0.25, -0.2) is 9.97 Å². The molecule has 0 saturated carbocycles. The van der Waals surface area contributed by atoms with Crippen LogP contribution in [-0.4, -0.2) is 58.9 Å². The highest BCUT2D eigenvalue weighted by molar-refractivity contribution is 5.68. The van der Waals surface area contributed by atoms with E-state index in [1.54, 1.807) is 7.11 Å². The number of aromatic nitrogens is 4. The molecule has 29 heavy (non-hydrogen) atoms. The van der Waals surface area contributed by atoms with Gasteiger partial charge in [-0.2, -0.15) is 5.10 Å². The second-order valence-corrected chi connectivity index (χ2v) is 7.76. The SMILES string of the molecule is COc1cccc(-c2cnc(N(C)C)nc2[C@@H]2CCN(Cc3ccnn3C)C2)c1. The molecule has 0 radical (unpaired) electrons. The molecule has 0 aliphatic carbocycles. The van der Waals surface area contributed by atoms with Crippen LogP contribution >= 0.6 is 0 Å². The summed E-state index contributed by atoms with van der Waals surface area (Å²) in [6, 6.07) is 10.2. The summed E-state index contributed by atoms with van der Waals surface area (Å²) in [5.41, 5.74) is 4.52. The molecule has 4 rings (SSSR count). The van der Waals surface area contributed by atoms with E-state index in [9.17, 15) is 0 Å². The monoisotopic (exact) mass is 392 g/mol. The Balaban J connectivity index is 1.64. The average Bonchev–Trinajstić information content (AvgIpc) is 3.37. The molecule has 3 aromatic rings. The van der Waals surface area contributed by atoms with Gasteiger partial charge in [0.05, 0.1) is 18.5 Å². The highest BCUT2D eigenvalue weighted by Crippen LogP contribution is 2.35. The zero-order valence-electron chi connectivity index (χ0n) is 17.5. The number of ether oxygens (including phenoxy) is 1. The van der Waals surface area contributed by atoms with E-state index in [1.165, 1.54) is 5.69 Å². The first kappa shape index (κ1) is 19.4. The number of nitrogens with zero attached hydrogens (tertiary/aromatic N) is 6. The van der Waals surface area contributed by atoms with Gasteiger partial charge in [-0.15, -0.1) is 0 Å². The van der Waals surface area contributed by atoms with Crippen LogP contribution in [0.4, 0.5) is 5.95 Å². The zero-order chi connectivity index (χ0) is 20.4. The van der Waals surface area contributed by atoms with E-state index in [0.717, 1.165) is 54.6 Å². The minimum Gasteiger partial charge on any atom is -0.497 e. The molecule has 1 fully saturated rings. The average molecular weight is 393 g/mol. The van der Waals surface area contributed by atoms with Crippen LogP contribution in [0.2, 0.25) is 0 Å². The highest BCUT2D eigenvalue weighted by Gasteiger charge is 2.28. The fourth-order valence-corrected chi connectivity index (χ4v) is 3.91. The van der Waals surface area contributed by atoms with Crippen molar-refractivity contribution in [2.24, 2.45) is 7.05 Å². The van der Waals surface area contributed by atoms with Crippen molar-refractivity contribution in [2.75, 3.05) is 39.2 Å². The van der Waals surface area contributed by atoms with Gasteiger partial charge in [-0.1, -0.05) is 12.1 Å². The van der Waals surface area contributed by atoms with Gasteiger partial charge >= 0.3 is 0 Å². The molecular formula is C22H28N6O. The molecule has 7 nitrogen and oxygen atoms in total. The maximum absolute atomic E-state index is 5.43. The first-order valence-electron chi connectivity index (χ1n) is 9.93. The topological polar surface area (TPSA) is 59.3 Å². The predicted octanol–water partition coefficient (Wildman–Crippen LogP) is 2.94. The molecule has 0 N–H and O–H groups in total. The van der Waals surface area contributed by atoms with Crippen LogP contribution in [0.25, 0.3) is 11.1 Å². The number of benzene rings is 1. The smallest absolute Gasteiger partial charge is 0.225 e. The molecule has 0 bridgehead atoms.